The molecule has 1 unspecified atom stereocenters. The topological polar surface area (TPSA) is 64.1 Å². The number of amides is 1. The zero-order chi connectivity index (χ0) is 15.9. The summed E-state index contributed by atoms with van der Waals surface area (Å²) in [6, 6.07) is 11.1. The first-order chi connectivity index (χ1) is 10.6. The number of carbonyl (C=O) groups excluding carboxylic acids is 1. The van der Waals surface area contributed by atoms with Gasteiger partial charge in [0.05, 0.1) is 12.8 Å². The maximum atomic E-state index is 12.2. The average molecular weight is 299 g/mol. The molecule has 1 aromatic carbocycles. The van der Waals surface area contributed by atoms with Gasteiger partial charge in [0.1, 0.15) is 0 Å². The Bertz CT molecular complexity index is 626. The van der Waals surface area contributed by atoms with Crippen LogP contribution in [0.1, 0.15) is 37.0 Å². The van der Waals surface area contributed by atoms with Crippen molar-refractivity contribution in [3.63, 3.8) is 0 Å². The molecule has 0 aliphatic carbocycles. The van der Waals surface area contributed by atoms with E-state index in [-0.39, 0.29) is 11.9 Å². The highest BCUT2D eigenvalue weighted by molar-refractivity contribution is 5.95. The van der Waals surface area contributed by atoms with Crippen LogP contribution in [-0.4, -0.2) is 29.3 Å². The van der Waals surface area contributed by atoms with Crippen LogP contribution in [-0.2, 0) is 0 Å². The van der Waals surface area contributed by atoms with E-state index in [2.05, 4.69) is 22.4 Å². The van der Waals surface area contributed by atoms with Gasteiger partial charge in [0.2, 0.25) is 5.88 Å². The molecule has 0 saturated carbocycles. The lowest BCUT2D eigenvalue weighted by Crippen LogP contribution is -2.32. The van der Waals surface area contributed by atoms with E-state index in [1.54, 1.807) is 19.2 Å². The van der Waals surface area contributed by atoms with Crippen molar-refractivity contribution in [1.29, 1.82) is 0 Å². The Hall–Kier alpha value is -2.43. The number of nitrogens with one attached hydrogen (secondary N) is 1. The lowest BCUT2D eigenvalue weighted by atomic mass is 10.1. The molecule has 5 nitrogen and oxygen atoms in total. The predicted octanol–water partition coefficient (Wildman–Crippen LogP) is 3.07. The number of aromatic nitrogens is 2. The van der Waals surface area contributed by atoms with Gasteiger partial charge < -0.3 is 10.1 Å². The van der Waals surface area contributed by atoms with Gasteiger partial charge in [0.25, 0.3) is 5.91 Å². The van der Waals surface area contributed by atoms with Gasteiger partial charge >= 0.3 is 0 Å². The van der Waals surface area contributed by atoms with E-state index in [0.717, 1.165) is 18.4 Å². The monoisotopic (exact) mass is 299 g/mol. The van der Waals surface area contributed by atoms with Crippen molar-refractivity contribution < 1.29 is 9.53 Å². The van der Waals surface area contributed by atoms with Gasteiger partial charge in [-0.3, -0.25) is 4.79 Å². The number of carbonyl (C=O) groups is 1. The Morgan fingerprint density at radius 2 is 2.09 bits per heavy atom. The highest BCUT2D eigenvalue weighted by atomic mass is 16.5. The first kappa shape index (κ1) is 15.9. The highest BCUT2D eigenvalue weighted by Crippen LogP contribution is 2.19. The second-order valence-corrected chi connectivity index (χ2v) is 5.20. The van der Waals surface area contributed by atoms with Crippen molar-refractivity contribution in [3.8, 4) is 17.1 Å². The van der Waals surface area contributed by atoms with Crippen LogP contribution in [0.15, 0.2) is 36.4 Å². The van der Waals surface area contributed by atoms with Crippen LogP contribution < -0.4 is 10.1 Å². The van der Waals surface area contributed by atoms with Gasteiger partial charge in [-0.15, -0.1) is 10.2 Å². The van der Waals surface area contributed by atoms with E-state index in [0.29, 0.717) is 17.1 Å². The fraction of sp³-hybridized carbons (Fsp3) is 0.353. The van der Waals surface area contributed by atoms with Crippen LogP contribution in [0.3, 0.4) is 0 Å². The normalized spacial score (nSPS) is 11.8. The molecular formula is C17H21N3O2. The minimum Gasteiger partial charge on any atom is -0.480 e. The molecule has 0 radical (unpaired) electrons. The summed E-state index contributed by atoms with van der Waals surface area (Å²) in [5.41, 5.74) is 2.18. The van der Waals surface area contributed by atoms with Crippen LogP contribution in [0.2, 0.25) is 0 Å². The molecule has 1 atom stereocenters. The van der Waals surface area contributed by atoms with E-state index in [1.807, 2.05) is 31.2 Å². The van der Waals surface area contributed by atoms with Gasteiger partial charge in [-0.05, 0) is 31.5 Å². The molecule has 0 bridgehead atoms. The molecule has 1 heterocycles. The summed E-state index contributed by atoms with van der Waals surface area (Å²) in [7, 11) is 1.55. The van der Waals surface area contributed by atoms with Crippen molar-refractivity contribution in [2.24, 2.45) is 0 Å². The maximum Gasteiger partial charge on any atom is 0.251 e. The van der Waals surface area contributed by atoms with Gasteiger partial charge in [-0.25, -0.2) is 0 Å². The number of benzene rings is 1. The Balaban J connectivity index is 2.16. The fourth-order valence-electron chi connectivity index (χ4n) is 2.21. The van der Waals surface area contributed by atoms with Gasteiger partial charge in [-0.2, -0.15) is 0 Å². The van der Waals surface area contributed by atoms with E-state index in [4.69, 9.17) is 4.74 Å². The first-order valence-corrected chi connectivity index (χ1v) is 7.43. The van der Waals surface area contributed by atoms with Crippen molar-refractivity contribution in [2.75, 3.05) is 7.11 Å². The van der Waals surface area contributed by atoms with Crippen LogP contribution in [0.25, 0.3) is 11.3 Å². The first-order valence-electron chi connectivity index (χ1n) is 7.43. The zero-order valence-corrected chi connectivity index (χ0v) is 13.2. The summed E-state index contributed by atoms with van der Waals surface area (Å²) in [5.74, 6) is 0.398. The number of hydrogen-bond donors (Lipinski definition) is 1. The molecule has 22 heavy (non-hydrogen) atoms. The lowest BCUT2D eigenvalue weighted by Gasteiger charge is -2.13. The smallest absolute Gasteiger partial charge is 0.251 e. The molecule has 116 valence electrons. The summed E-state index contributed by atoms with van der Waals surface area (Å²) in [6.45, 7) is 4.12. The minimum absolute atomic E-state index is 0.0655. The molecule has 1 aromatic heterocycles. The lowest BCUT2D eigenvalue weighted by molar-refractivity contribution is 0.0938. The Kier molecular flexibility index (Phi) is 5.47. The number of rotatable bonds is 6. The number of hydrogen-bond acceptors (Lipinski definition) is 4. The second kappa shape index (κ2) is 7.54. The average Bonchev–Trinajstić information content (AvgIpc) is 2.55. The van der Waals surface area contributed by atoms with Crippen molar-refractivity contribution in [1.82, 2.24) is 15.5 Å². The summed E-state index contributed by atoms with van der Waals surface area (Å²) in [4.78, 5) is 12.2. The quantitative estimate of drug-likeness (QED) is 0.890. The zero-order valence-electron chi connectivity index (χ0n) is 13.2. The molecule has 0 aliphatic rings. The molecule has 0 spiro atoms. The van der Waals surface area contributed by atoms with Gasteiger partial charge in [0.15, 0.2) is 0 Å². The van der Waals surface area contributed by atoms with Crippen molar-refractivity contribution >= 4 is 5.91 Å². The third-order valence-electron chi connectivity index (χ3n) is 3.37. The van der Waals surface area contributed by atoms with E-state index < -0.39 is 0 Å². The third kappa shape index (κ3) is 4.04. The minimum atomic E-state index is -0.0655. The fourth-order valence-corrected chi connectivity index (χ4v) is 2.21. The Morgan fingerprint density at radius 3 is 2.73 bits per heavy atom. The number of nitrogens with zero attached hydrogens (tertiary/aromatic N) is 2. The maximum absolute atomic E-state index is 12.2. The predicted molar refractivity (Wildman–Crippen MR) is 85.9 cm³/mol. The van der Waals surface area contributed by atoms with Crippen molar-refractivity contribution in [2.45, 2.75) is 32.7 Å². The van der Waals surface area contributed by atoms with Crippen molar-refractivity contribution in [3.05, 3.63) is 42.0 Å². The van der Waals surface area contributed by atoms with Crippen LogP contribution >= 0.6 is 0 Å². The van der Waals surface area contributed by atoms with Crippen LogP contribution in [0.5, 0.6) is 5.88 Å². The number of ether oxygens (including phenoxy) is 1. The summed E-state index contributed by atoms with van der Waals surface area (Å²) >= 11 is 0. The second-order valence-electron chi connectivity index (χ2n) is 5.20. The van der Waals surface area contributed by atoms with Gasteiger partial charge in [0, 0.05) is 23.2 Å². The Morgan fingerprint density at radius 1 is 1.27 bits per heavy atom. The molecule has 5 heteroatoms. The molecule has 0 fully saturated rings. The van der Waals surface area contributed by atoms with Gasteiger partial charge in [-0.1, -0.05) is 25.5 Å². The number of methoxy groups -OCH3 is 1. The summed E-state index contributed by atoms with van der Waals surface area (Å²) in [5, 5.41) is 11.1. The molecular weight excluding hydrogens is 278 g/mol. The molecule has 0 saturated heterocycles. The largest absolute Gasteiger partial charge is 0.480 e. The van der Waals surface area contributed by atoms with E-state index in [9.17, 15) is 4.79 Å². The van der Waals surface area contributed by atoms with E-state index >= 15 is 0 Å². The molecule has 1 N–H and O–H groups in total. The standard InChI is InChI=1S/C17H21N3O2/c1-4-6-12(2)18-17(21)14-8-5-7-13(11-14)15-9-10-16(22-3)20-19-15/h5,7-12H,4,6H2,1-3H3,(H,18,21). The molecule has 0 aliphatic heterocycles. The summed E-state index contributed by atoms with van der Waals surface area (Å²) in [6.07, 6.45) is 2.01. The molecule has 2 aromatic rings. The highest BCUT2D eigenvalue weighted by Gasteiger charge is 2.10. The Labute approximate surface area is 130 Å². The molecule has 2 rings (SSSR count). The van der Waals surface area contributed by atoms with Crippen LogP contribution in [0, 0.1) is 0 Å². The molecule has 1 amide bonds. The third-order valence-corrected chi connectivity index (χ3v) is 3.37. The van der Waals surface area contributed by atoms with Crippen LogP contribution in [0.4, 0.5) is 0 Å². The van der Waals surface area contributed by atoms with E-state index in [1.165, 1.54) is 0 Å². The SMILES string of the molecule is CCCC(C)NC(=O)c1cccc(-c2ccc(OC)nn2)c1. The summed E-state index contributed by atoms with van der Waals surface area (Å²) < 4.78 is 5.00.